The van der Waals surface area contributed by atoms with E-state index in [0.717, 1.165) is 46.1 Å². The Balaban J connectivity index is 1.91. The van der Waals surface area contributed by atoms with Crippen LogP contribution in [0.1, 0.15) is 58.7 Å². The number of carbonyl (C=O) groups excluding carboxylic acids is 1. The van der Waals surface area contributed by atoms with Crippen molar-refractivity contribution in [3.05, 3.63) is 64.4 Å². The van der Waals surface area contributed by atoms with E-state index in [-0.39, 0.29) is 11.9 Å². The summed E-state index contributed by atoms with van der Waals surface area (Å²) in [5, 5.41) is 7.25. The van der Waals surface area contributed by atoms with Crippen LogP contribution in [-0.4, -0.2) is 38.0 Å². The molecule has 1 atom stereocenters. The van der Waals surface area contributed by atoms with Crippen molar-refractivity contribution >= 4 is 5.91 Å². The zero-order chi connectivity index (χ0) is 20.4. The van der Waals surface area contributed by atoms with E-state index in [2.05, 4.69) is 27.1 Å². The fraction of sp³-hybridized carbons (Fsp3) is 0.364. The number of nitrogens with one attached hydrogen (secondary N) is 1. The summed E-state index contributed by atoms with van der Waals surface area (Å²) in [7, 11) is 1.83. The van der Waals surface area contributed by atoms with Gasteiger partial charge >= 0.3 is 0 Å². The predicted molar refractivity (Wildman–Crippen MR) is 110 cm³/mol. The van der Waals surface area contributed by atoms with E-state index in [1.165, 1.54) is 0 Å². The summed E-state index contributed by atoms with van der Waals surface area (Å²) in [6, 6.07) is 9.54. The van der Waals surface area contributed by atoms with Crippen LogP contribution in [0.5, 0.6) is 0 Å². The van der Waals surface area contributed by atoms with Gasteiger partial charge in [-0.2, -0.15) is 5.10 Å². The molecule has 0 aliphatic carbocycles. The molecule has 2 aromatic heterocycles. The number of hydrogen-bond acceptors (Lipinski definition) is 4. The van der Waals surface area contributed by atoms with Crippen molar-refractivity contribution < 1.29 is 4.79 Å². The Morgan fingerprint density at radius 2 is 1.93 bits per heavy atom. The Morgan fingerprint density at radius 1 is 1.18 bits per heavy atom. The molecule has 1 aromatic carbocycles. The van der Waals surface area contributed by atoms with Crippen molar-refractivity contribution in [1.82, 2.24) is 25.1 Å². The van der Waals surface area contributed by atoms with Crippen LogP contribution in [0.2, 0.25) is 0 Å². The highest BCUT2D eigenvalue weighted by Crippen LogP contribution is 2.26. The second-order valence-corrected chi connectivity index (χ2v) is 7.17. The molecule has 1 N–H and O–H groups in total. The molecule has 6 nitrogen and oxygen atoms in total. The molecule has 2 heterocycles. The second kappa shape index (κ2) is 7.92. The lowest BCUT2D eigenvalue weighted by Gasteiger charge is -2.25. The first-order valence-corrected chi connectivity index (χ1v) is 9.55. The Hall–Kier alpha value is -3.02. The molecule has 0 spiro atoms. The summed E-state index contributed by atoms with van der Waals surface area (Å²) < 4.78 is 0. The van der Waals surface area contributed by atoms with Crippen LogP contribution in [0.15, 0.2) is 30.3 Å². The van der Waals surface area contributed by atoms with Crippen molar-refractivity contribution in [2.24, 2.45) is 0 Å². The lowest BCUT2D eigenvalue weighted by molar-refractivity contribution is 0.0742. The zero-order valence-corrected chi connectivity index (χ0v) is 17.4. The molecule has 146 valence electrons. The van der Waals surface area contributed by atoms with Gasteiger partial charge in [0.1, 0.15) is 5.82 Å². The highest BCUT2D eigenvalue weighted by molar-refractivity contribution is 5.95. The van der Waals surface area contributed by atoms with Gasteiger partial charge in [-0.3, -0.25) is 9.89 Å². The van der Waals surface area contributed by atoms with Crippen LogP contribution in [-0.2, 0) is 6.42 Å². The maximum absolute atomic E-state index is 13.1. The maximum atomic E-state index is 13.1. The van der Waals surface area contributed by atoms with Crippen LogP contribution in [0.25, 0.3) is 11.3 Å². The third-order valence-electron chi connectivity index (χ3n) is 5.16. The van der Waals surface area contributed by atoms with Crippen LogP contribution in [0, 0.1) is 20.8 Å². The first-order valence-electron chi connectivity index (χ1n) is 9.55. The van der Waals surface area contributed by atoms with E-state index in [0.29, 0.717) is 5.56 Å². The van der Waals surface area contributed by atoms with Crippen LogP contribution in [0.3, 0.4) is 0 Å². The van der Waals surface area contributed by atoms with Crippen molar-refractivity contribution in [3.63, 3.8) is 0 Å². The summed E-state index contributed by atoms with van der Waals surface area (Å²) >= 11 is 0. The third-order valence-corrected chi connectivity index (χ3v) is 5.16. The maximum Gasteiger partial charge on any atom is 0.254 e. The number of H-pyrrole nitrogens is 1. The third kappa shape index (κ3) is 3.81. The largest absolute Gasteiger partial charge is 0.335 e. The van der Waals surface area contributed by atoms with E-state index in [4.69, 9.17) is 0 Å². The number of aromatic amines is 1. The topological polar surface area (TPSA) is 74.8 Å². The quantitative estimate of drug-likeness (QED) is 0.723. The molecular weight excluding hydrogens is 350 g/mol. The Bertz CT molecular complexity index is 988. The minimum Gasteiger partial charge on any atom is -0.335 e. The van der Waals surface area contributed by atoms with E-state index in [1.54, 1.807) is 4.90 Å². The smallest absolute Gasteiger partial charge is 0.254 e. The fourth-order valence-corrected chi connectivity index (χ4v) is 3.52. The number of nitrogens with zero attached hydrogens (tertiary/aromatic N) is 4. The highest BCUT2D eigenvalue weighted by Gasteiger charge is 2.23. The van der Waals surface area contributed by atoms with E-state index in [1.807, 2.05) is 65.1 Å². The lowest BCUT2D eigenvalue weighted by Crippen LogP contribution is -2.30. The molecule has 28 heavy (non-hydrogen) atoms. The number of rotatable bonds is 5. The van der Waals surface area contributed by atoms with Gasteiger partial charge in [0.2, 0.25) is 0 Å². The summed E-state index contributed by atoms with van der Waals surface area (Å²) in [5.74, 6) is 0.707. The van der Waals surface area contributed by atoms with Gasteiger partial charge in [0.25, 0.3) is 5.91 Å². The molecule has 0 aliphatic rings. The van der Waals surface area contributed by atoms with Crippen molar-refractivity contribution in [2.75, 3.05) is 7.05 Å². The number of aromatic nitrogens is 4. The van der Waals surface area contributed by atoms with Gasteiger partial charge < -0.3 is 4.90 Å². The molecule has 1 amide bonds. The summed E-state index contributed by atoms with van der Waals surface area (Å²) in [5.41, 5.74) is 6.37. The molecule has 0 saturated heterocycles. The molecule has 6 heteroatoms. The number of aryl methyl sites for hydroxylation is 4. The van der Waals surface area contributed by atoms with Crippen LogP contribution < -0.4 is 0 Å². The zero-order valence-electron chi connectivity index (χ0n) is 17.4. The van der Waals surface area contributed by atoms with E-state index >= 15 is 0 Å². The van der Waals surface area contributed by atoms with Gasteiger partial charge in [-0.1, -0.05) is 19.1 Å². The molecule has 0 saturated carbocycles. The Labute approximate surface area is 166 Å². The highest BCUT2D eigenvalue weighted by atomic mass is 16.2. The molecule has 0 fully saturated rings. The summed E-state index contributed by atoms with van der Waals surface area (Å²) in [6.45, 7) is 9.92. The first-order chi connectivity index (χ1) is 13.3. The van der Waals surface area contributed by atoms with Crippen LogP contribution in [0.4, 0.5) is 0 Å². The minimum absolute atomic E-state index is 0.0316. The number of benzene rings is 1. The molecule has 0 radical (unpaired) electrons. The standard InChI is InChI=1S/C22H27N5O/c1-7-19-12-20(24-16(5)23-19)17-9-8-10-18(11-17)22(28)27(6)15(4)21-13(2)25-26-14(21)3/h8-12,15H,7H2,1-6H3,(H,25,26)/t15-/m0/s1. The van der Waals surface area contributed by atoms with Crippen LogP contribution >= 0.6 is 0 Å². The Morgan fingerprint density at radius 3 is 2.57 bits per heavy atom. The van der Waals surface area contributed by atoms with Gasteiger partial charge in [0, 0.05) is 35.1 Å². The van der Waals surface area contributed by atoms with Gasteiger partial charge in [0.15, 0.2) is 0 Å². The first kappa shape index (κ1) is 19.7. The second-order valence-electron chi connectivity index (χ2n) is 7.17. The molecule has 0 unspecified atom stereocenters. The monoisotopic (exact) mass is 377 g/mol. The number of hydrogen-bond donors (Lipinski definition) is 1. The van der Waals surface area contributed by atoms with E-state index in [9.17, 15) is 4.79 Å². The molecule has 3 rings (SSSR count). The van der Waals surface area contributed by atoms with Crippen molar-refractivity contribution in [1.29, 1.82) is 0 Å². The molecule has 3 aromatic rings. The normalized spacial score (nSPS) is 12.1. The SMILES string of the molecule is CCc1cc(-c2cccc(C(=O)N(C)[C@@H](C)c3c(C)n[nH]c3C)c2)nc(C)n1. The van der Waals surface area contributed by atoms with Gasteiger partial charge in [-0.25, -0.2) is 9.97 Å². The van der Waals surface area contributed by atoms with Gasteiger partial charge in [-0.05, 0) is 52.3 Å². The minimum atomic E-state index is -0.0807. The molecular formula is C22H27N5O. The molecule has 0 aliphatic heterocycles. The van der Waals surface area contributed by atoms with Crippen molar-refractivity contribution in [2.45, 2.75) is 47.1 Å². The van der Waals surface area contributed by atoms with Crippen molar-refractivity contribution in [3.8, 4) is 11.3 Å². The predicted octanol–water partition coefficient (Wildman–Crippen LogP) is 4.19. The van der Waals surface area contributed by atoms with E-state index < -0.39 is 0 Å². The average molecular weight is 377 g/mol. The Kier molecular flexibility index (Phi) is 5.58. The fourth-order valence-electron chi connectivity index (χ4n) is 3.52. The summed E-state index contributed by atoms with van der Waals surface area (Å²) in [4.78, 5) is 23.9. The number of amides is 1. The van der Waals surface area contributed by atoms with Gasteiger partial charge in [0.05, 0.1) is 17.4 Å². The lowest BCUT2D eigenvalue weighted by atomic mass is 10.0. The van der Waals surface area contributed by atoms with Gasteiger partial charge in [-0.15, -0.1) is 0 Å². The number of carbonyl (C=O) groups is 1. The average Bonchev–Trinajstić information content (AvgIpc) is 3.04. The molecule has 0 bridgehead atoms. The summed E-state index contributed by atoms with van der Waals surface area (Å²) in [6.07, 6.45) is 0.846.